The maximum atomic E-state index is 5.97. The first-order valence-corrected chi connectivity index (χ1v) is 6.94. The Morgan fingerprint density at radius 3 is 2.89 bits per heavy atom. The maximum Gasteiger partial charge on any atom is 0.229 e. The van der Waals surface area contributed by atoms with E-state index in [2.05, 4.69) is 17.1 Å². The van der Waals surface area contributed by atoms with Crippen molar-refractivity contribution < 1.29 is 9.26 Å². The van der Waals surface area contributed by atoms with E-state index < -0.39 is 0 Å². The van der Waals surface area contributed by atoms with Gasteiger partial charge in [0.1, 0.15) is 0 Å². The fourth-order valence-electron chi connectivity index (χ4n) is 2.91. The van der Waals surface area contributed by atoms with E-state index in [1.54, 1.807) is 0 Å². The van der Waals surface area contributed by atoms with Crippen molar-refractivity contribution in [2.45, 2.75) is 44.6 Å². The van der Waals surface area contributed by atoms with Crippen molar-refractivity contribution in [3.05, 3.63) is 11.7 Å². The predicted molar refractivity (Wildman–Crippen MR) is 65.9 cm³/mol. The van der Waals surface area contributed by atoms with Crippen LogP contribution in [0.1, 0.15) is 56.3 Å². The second-order valence-electron chi connectivity index (χ2n) is 5.60. The van der Waals surface area contributed by atoms with Gasteiger partial charge in [0.2, 0.25) is 5.89 Å². The molecular formula is C13H21N3O2. The zero-order chi connectivity index (χ0) is 12.5. The molecule has 2 aliphatic rings. The standard InChI is InChI=1S/C13H21N3O2/c1-2-3-17-7-11(14)12-15-13(18-16-12)10-5-8-4-9(8)6-10/h8-11H,2-7,14H2,1H3. The lowest BCUT2D eigenvalue weighted by atomic mass is 10.0. The van der Waals surface area contributed by atoms with Gasteiger partial charge in [0.25, 0.3) is 0 Å². The first-order valence-electron chi connectivity index (χ1n) is 6.94. The molecule has 0 amide bonds. The van der Waals surface area contributed by atoms with Gasteiger partial charge >= 0.3 is 0 Å². The van der Waals surface area contributed by atoms with Crippen molar-refractivity contribution in [2.24, 2.45) is 17.6 Å². The SMILES string of the molecule is CCCOCC(N)c1noc(C2CC3CC3C2)n1. The highest BCUT2D eigenvalue weighted by Crippen LogP contribution is 2.57. The lowest BCUT2D eigenvalue weighted by Crippen LogP contribution is -2.19. The average molecular weight is 251 g/mol. The van der Waals surface area contributed by atoms with Crippen LogP contribution in [0.15, 0.2) is 4.52 Å². The van der Waals surface area contributed by atoms with Crippen LogP contribution >= 0.6 is 0 Å². The van der Waals surface area contributed by atoms with Crippen LogP contribution < -0.4 is 5.73 Å². The molecule has 0 bridgehead atoms. The van der Waals surface area contributed by atoms with E-state index in [1.807, 2.05) is 0 Å². The minimum Gasteiger partial charge on any atom is -0.379 e. The molecule has 1 aromatic rings. The third-order valence-electron chi connectivity index (χ3n) is 4.03. The monoisotopic (exact) mass is 251 g/mol. The summed E-state index contributed by atoms with van der Waals surface area (Å²) in [6.07, 6.45) is 4.83. The highest BCUT2D eigenvalue weighted by molar-refractivity contribution is 5.07. The molecule has 100 valence electrons. The van der Waals surface area contributed by atoms with Crippen molar-refractivity contribution in [2.75, 3.05) is 13.2 Å². The second-order valence-corrected chi connectivity index (χ2v) is 5.60. The highest BCUT2D eigenvalue weighted by atomic mass is 16.5. The van der Waals surface area contributed by atoms with Crippen molar-refractivity contribution in [1.29, 1.82) is 0 Å². The number of ether oxygens (including phenoxy) is 1. The number of rotatable bonds is 6. The van der Waals surface area contributed by atoms with Gasteiger partial charge in [-0.05, 0) is 37.5 Å². The molecule has 3 unspecified atom stereocenters. The molecule has 1 aromatic heterocycles. The van der Waals surface area contributed by atoms with E-state index in [9.17, 15) is 0 Å². The van der Waals surface area contributed by atoms with E-state index in [0.717, 1.165) is 30.8 Å². The van der Waals surface area contributed by atoms with Crippen molar-refractivity contribution in [3.8, 4) is 0 Å². The molecule has 2 N–H and O–H groups in total. The predicted octanol–water partition coefficient (Wildman–Crippen LogP) is 2.01. The summed E-state index contributed by atoms with van der Waals surface area (Å²) in [4.78, 5) is 4.44. The molecule has 0 radical (unpaired) electrons. The van der Waals surface area contributed by atoms with E-state index in [0.29, 0.717) is 18.3 Å². The lowest BCUT2D eigenvalue weighted by Gasteiger charge is -2.07. The topological polar surface area (TPSA) is 74.2 Å². The molecule has 2 fully saturated rings. The van der Waals surface area contributed by atoms with Crippen LogP contribution in [0, 0.1) is 11.8 Å². The molecule has 3 atom stereocenters. The smallest absolute Gasteiger partial charge is 0.229 e. The first-order chi connectivity index (χ1) is 8.78. The Morgan fingerprint density at radius 1 is 1.39 bits per heavy atom. The fraction of sp³-hybridized carbons (Fsp3) is 0.846. The number of hydrogen-bond acceptors (Lipinski definition) is 5. The molecular weight excluding hydrogens is 230 g/mol. The molecule has 1 heterocycles. The second kappa shape index (κ2) is 4.97. The molecule has 18 heavy (non-hydrogen) atoms. The summed E-state index contributed by atoms with van der Waals surface area (Å²) < 4.78 is 10.8. The van der Waals surface area contributed by atoms with Crippen molar-refractivity contribution in [1.82, 2.24) is 10.1 Å². The van der Waals surface area contributed by atoms with Crippen LogP contribution in [0.4, 0.5) is 0 Å². The van der Waals surface area contributed by atoms with Crippen LogP contribution in [0.25, 0.3) is 0 Å². The molecule has 3 rings (SSSR count). The summed E-state index contributed by atoms with van der Waals surface area (Å²) in [5.41, 5.74) is 5.97. The summed E-state index contributed by atoms with van der Waals surface area (Å²) in [6, 6.07) is -0.273. The third kappa shape index (κ3) is 2.42. The van der Waals surface area contributed by atoms with Crippen LogP contribution in [-0.2, 0) is 4.74 Å². The highest BCUT2D eigenvalue weighted by Gasteiger charge is 2.47. The van der Waals surface area contributed by atoms with Gasteiger partial charge < -0.3 is 15.0 Å². The average Bonchev–Trinajstić information content (AvgIpc) is 2.84. The van der Waals surface area contributed by atoms with Gasteiger partial charge in [-0.25, -0.2) is 0 Å². The van der Waals surface area contributed by atoms with Gasteiger partial charge in [-0.3, -0.25) is 0 Å². The van der Waals surface area contributed by atoms with Gasteiger partial charge in [0, 0.05) is 12.5 Å². The van der Waals surface area contributed by atoms with Gasteiger partial charge in [0.15, 0.2) is 5.82 Å². The van der Waals surface area contributed by atoms with Crippen LogP contribution in [-0.4, -0.2) is 23.4 Å². The Labute approximate surface area is 107 Å². The normalized spacial score (nSPS) is 31.3. The minimum absolute atomic E-state index is 0.273. The van der Waals surface area contributed by atoms with E-state index in [1.165, 1.54) is 19.3 Å². The van der Waals surface area contributed by atoms with Crippen LogP contribution in [0.5, 0.6) is 0 Å². The zero-order valence-corrected chi connectivity index (χ0v) is 10.8. The molecule has 5 heteroatoms. The van der Waals surface area contributed by atoms with Gasteiger partial charge in [-0.1, -0.05) is 12.1 Å². The molecule has 5 nitrogen and oxygen atoms in total. The molecule has 0 aliphatic heterocycles. The zero-order valence-electron chi connectivity index (χ0n) is 10.8. The third-order valence-corrected chi connectivity index (χ3v) is 4.03. The summed E-state index contributed by atoms with van der Waals surface area (Å²) in [5.74, 6) is 3.68. The Bertz CT molecular complexity index is 397. The number of fused-ring (bicyclic) bond motifs is 1. The number of nitrogens with two attached hydrogens (primary N) is 1. The van der Waals surface area contributed by atoms with E-state index in [4.69, 9.17) is 15.0 Å². The maximum absolute atomic E-state index is 5.97. The van der Waals surface area contributed by atoms with Gasteiger partial charge in [-0.15, -0.1) is 0 Å². The molecule has 0 spiro atoms. The molecule has 2 aliphatic carbocycles. The Kier molecular flexibility index (Phi) is 3.35. The van der Waals surface area contributed by atoms with Gasteiger partial charge in [0.05, 0.1) is 12.6 Å². The quantitative estimate of drug-likeness (QED) is 0.783. The molecule has 2 saturated carbocycles. The number of nitrogens with zero attached hydrogens (tertiary/aromatic N) is 2. The van der Waals surface area contributed by atoms with Crippen molar-refractivity contribution >= 4 is 0 Å². The van der Waals surface area contributed by atoms with Gasteiger partial charge in [-0.2, -0.15) is 4.98 Å². The van der Waals surface area contributed by atoms with Crippen molar-refractivity contribution in [3.63, 3.8) is 0 Å². The fourth-order valence-corrected chi connectivity index (χ4v) is 2.91. The summed E-state index contributed by atoms with van der Waals surface area (Å²) in [5, 5.41) is 3.99. The summed E-state index contributed by atoms with van der Waals surface area (Å²) in [7, 11) is 0. The Balaban J connectivity index is 1.55. The summed E-state index contributed by atoms with van der Waals surface area (Å²) >= 11 is 0. The van der Waals surface area contributed by atoms with E-state index >= 15 is 0 Å². The Morgan fingerprint density at radius 2 is 2.17 bits per heavy atom. The Hall–Kier alpha value is -0.940. The van der Waals surface area contributed by atoms with Crippen LogP contribution in [0.2, 0.25) is 0 Å². The molecule has 0 saturated heterocycles. The largest absolute Gasteiger partial charge is 0.379 e. The number of aromatic nitrogens is 2. The van der Waals surface area contributed by atoms with Crippen LogP contribution in [0.3, 0.4) is 0 Å². The number of hydrogen-bond donors (Lipinski definition) is 1. The molecule has 0 aromatic carbocycles. The minimum atomic E-state index is -0.273. The lowest BCUT2D eigenvalue weighted by molar-refractivity contribution is 0.119. The van der Waals surface area contributed by atoms with E-state index in [-0.39, 0.29) is 6.04 Å². The first kappa shape index (κ1) is 12.1. The summed E-state index contributed by atoms with van der Waals surface area (Å²) in [6.45, 7) is 3.26.